The van der Waals surface area contributed by atoms with Gasteiger partial charge in [0.05, 0.1) is 32.7 Å². The highest BCUT2D eigenvalue weighted by Crippen LogP contribution is 2.25. The van der Waals surface area contributed by atoms with Crippen LogP contribution in [0.2, 0.25) is 5.02 Å². The van der Waals surface area contributed by atoms with E-state index in [-0.39, 0.29) is 16.3 Å². The number of benzene rings is 1. The van der Waals surface area contributed by atoms with Gasteiger partial charge in [-0.3, -0.25) is 4.68 Å². The summed E-state index contributed by atoms with van der Waals surface area (Å²) in [5, 5.41) is 4.34. The van der Waals surface area contributed by atoms with Crippen LogP contribution in [0.3, 0.4) is 0 Å². The van der Waals surface area contributed by atoms with Gasteiger partial charge in [0.2, 0.25) is 0 Å². The lowest BCUT2D eigenvalue weighted by molar-refractivity contribution is 0.587. The standard InChI is InChI=1S/C12H13ClFN3O2S/c1-7-12(13)11(17(2)16-7)6-20(18,19)8-3-4-10(15)9(14)5-8/h3-5H,6,15H2,1-2H3. The van der Waals surface area contributed by atoms with Crippen molar-refractivity contribution in [1.82, 2.24) is 9.78 Å². The van der Waals surface area contributed by atoms with E-state index in [1.807, 2.05) is 0 Å². The smallest absolute Gasteiger partial charge is 0.184 e. The third-order valence-electron chi connectivity index (χ3n) is 2.92. The van der Waals surface area contributed by atoms with Crippen LogP contribution < -0.4 is 5.73 Å². The van der Waals surface area contributed by atoms with Crippen molar-refractivity contribution in [3.05, 3.63) is 40.4 Å². The van der Waals surface area contributed by atoms with E-state index in [0.29, 0.717) is 16.4 Å². The number of nitrogen functional groups attached to an aromatic ring is 1. The first kappa shape index (κ1) is 14.8. The Bertz CT molecular complexity index is 771. The normalized spacial score (nSPS) is 11.8. The summed E-state index contributed by atoms with van der Waals surface area (Å²) in [5.74, 6) is -1.12. The molecule has 1 aromatic carbocycles. The second-order valence-electron chi connectivity index (χ2n) is 4.41. The molecular formula is C12H13ClFN3O2S. The molecule has 108 valence electrons. The number of anilines is 1. The first-order valence-electron chi connectivity index (χ1n) is 5.68. The average molecular weight is 318 g/mol. The first-order valence-corrected chi connectivity index (χ1v) is 7.71. The highest BCUT2D eigenvalue weighted by atomic mass is 35.5. The Morgan fingerprint density at radius 3 is 2.60 bits per heavy atom. The lowest BCUT2D eigenvalue weighted by atomic mass is 10.3. The summed E-state index contributed by atoms with van der Waals surface area (Å²) in [6.45, 7) is 1.68. The monoisotopic (exact) mass is 317 g/mol. The van der Waals surface area contributed by atoms with Crippen LogP contribution in [-0.2, 0) is 22.6 Å². The Morgan fingerprint density at radius 1 is 1.45 bits per heavy atom. The number of hydrogen-bond donors (Lipinski definition) is 1. The molecule has 0 atom stereocenters. The molecule has 2 rings (SSSR count). The van der Waals surface area contributed by atoms with E-state index in [2.05, 4.69) is 5.10 Å². The maximum Gasteiger partial charge on any atom is 0.184 e. The maximum absolute atomic E-state index is 13.4. The number of aromatic nitrogens is 2. The van der Waals surface area contributed by atoms with E-state index in [4.69, 9.17) is 17.3 Å². The second-order valence-corrected chi connectivity index (χ2v) is 6.78. The molecule has 0 saturated heterocycles. The van der Waals surface area contributed by atoms with Crippen LogP contribution in [0.5, 0.6) is 0 Å². The van der Waals surface area contributed by atoms with E-state index in [0.717, 1.165) is 6.07 Å². The number of rotatable bonds is 3. The summed E-state index contributed by atoms with van der Waals surface area (Å²) in [6, 6.07) is 3.39. The predicted molar refractivity (Wildman–Crippen MR) is 74.7 cm³/mol. The van der Waals surface area contributed by atoms with Crippen LogP contribution in [0.25, 0.3) is 0 Å². The second kappa shape index (κ2) is 5.06. The molecule has 0 amide bonds. The van der Waals surface area contributed by atoms with Crippen molar-refractivity contribution in [2.75, 3.05) is 5.73 Å². The highest BCUT2D eigenvalue weighted by Gasteiger charge is 2.22. The fraction of sp³-hybridized carbons (Fsp3) is 0.250. The van der Waals surface area contributed by atoms with Gasteiger partial charge < -0.3 is 5.73 Å². The van der Waals surface area contributed by atoms with Gasteiger partial charge in [-0.1, -0.05) is 11.6 Å². The van der Waals surface area contributed by atoms with Crippen LogP contribution in [0.1, 0.15) is 11.4 Å². The van der Waals surface area contributed by atoms with Gasteiger partial charge in [-0.15, -0.1) is 0 Å². The van der Waals surface area contributed by atoms with E-state index in [1.54, 1.807) is 14.0 Å². The molecule has 0 bridgehead atoms. The van der Waals surface area contributed by atoms with Crippen molar-refractivity contribution in [3.8, 4) is 0 Å². The first-order chi connectivity index (χ1) is 9.22. The maximum atomic E-state index is 13.4. The number of aryl methyl sites for hydroxylation is 2. The zero-order valence-electron chi connectivity index (χ0n) is 10.9. The lowest BCUT2D eigenvalue weighted by Crippen LogP contribution is -2.10. The molecular weight excluding hydrogens is 305 g/mol. The van der Waals surface area contributed by atoms with E-state index in [9.17, 15) is 12.8 Å². The van der Waals surface area contributed by atoms with Crippen molar-refractivity contribution in [3.63, 3.8) is 0 Å². The molecule has 1 heterocycles. The number of halogens is 2. The molecule has 0 aliphatic carbocycles. The van der Waals surface area contributed by atoms with E-state index >= 15 is 0 Å². The van der Waals surface area contributed by atoms with Gasteiger partial charge in [0.15, 0.2) is 9.84 Å². The van der Waals surface area contributed by atoms with Gasteiger partial charge >= 0.3 is 0 Å². The molecule has 0 radical (unpaired) electrons. The number of sulfone groups is 1. The molecule has 5 nitrogen and oxygen atoms in total. The molecule has 0 aliphatic rings. The Labute approximate surface area is 121 Å². The molecule has 1 aromatic heterocycles. The topological polar surface area (TPSA) is 78.0 Å². The quantitative estimate of drug-likeness (QED) is 0.879. The average Bonchev–Trinajstić information content (AvgIpc) is 2.59. The summed E-state index contributed by atoms with van der Waals surface area (Å²) in [7, 11) is -2.12. The highest BCUT2D eigenvalue weighted by molar-refractivity contribution is 7.90. The third-order valence-corrected chi connectivity index (χ3v) is 5.04. The molecule has 0 spiro atoms. The van der Waals surface area contributed by atoms with Gasteiger partial charge in [-0.2, -0.15) is 5.10 Å². The third kappa shape index (κ3) is 2.64. The summed E-state index contributed by atoms with van der Waals surface area (Å²) in [5.41, 5.74) is 6.14. The summed E-state index contributed by atoms with van der Waals surface area (Å²) in [4.78, 5) is -0.140. The van der Waals surface area contributed by atoms with Crippen LogP contribution in [0.4, 0.5) is 10.1 Å². The largest absolute Gasteiger partial charge is 0.396 e. The van der Waals surface area contributed by atoms with Crippen LogP contribution in [-0.4, -0.2) is 18.2 Å². The lowest BCUT2D eigenvalue weighted by Gasteiger charge is -2.06. The fourth-order valence-corrected chi connectivity index (χ4v) is 3.52. The summed E-state index contributed by atoms with van der Waals surface area (Å²) < 4.78 is 39.3. The molecule has 0 unspecified atom stereocenters. The molecule has 0 fully saturated rings. The molecule has 20 heavy (non-hydrogen) atoms. The molecule has 0 aliphatic heterocycles. The minimum atomic E-state index is -3.73. The van der Waals surface area contributed by atoms with Crippen molar-refractivity contribution in [1.29, 1.82) is 0 Å². The van der Waals surface area contributed by atoms with Crippen molar-refractivity contribution in [2.45, 2.75) is 17.6 Å². The molecule has 2 N–H and O–H groups in total. The number of nitrogens with two attached hydrogens (primary N) is 1. The summed E-state index contributed by atoms with van der Waals surface area (Å²) >= 11 is 6.02. The van der Waals surface area contributed by atoms with Gasteiger partial charge in [-0.25, -0.2) is 12.8 Å². The molecule has 8 heteroatoms. The van der Waals surface area contributed by atoms with E-state index < -0.39 is 15.7 Å². The minimum Gasteiger partial charge on any atom is -0.396 e. The van der Waals surface area contributed by atoms with Crippen molar-refractivity contribution >= 4 is 27.1 Å². The Kier molecular flexibility index (Phi) is 3.75. The minimum absolute atomic E-state index is 0.0987. The van der Waals surface area contributed by atoms with Crippen LogP contribution in [0.15, 0.2) is 23.1 Å². The molecule has 0 saturated carbocycles. The summed E-state index contributed by atoms with van der Waals surface area (Å²) in [6.07, 6.45) is 0. The van der Waals surface area contributed by atoms with E-state index in [1.165, 1.54) is 16.8 Å². The number of hydrogen-bond acceptors (Lipinski definition) is 4. The zero-order valence-corrected chi connectivity index (χ0v) is 12.5. The molecule has 2 aromatic rings. The fourth-order valence-electron chi connectivity index (χ4n) is 1.80. The Balaban J connectivity index is 2.43. The zero-order chi connectivity index (χ0) is 15.1. The van der Waals surface area contributed by atoms with Gasteiger partial charge in [0.25, 0.3) is 0 Å². The Hall–Kier alpha value is -1.60. The number of nitrogens with zero attached hydrogens (tertiary/aromatic N) is 2. The SMILES string of the molecule is Cc1nn(C)c(CS(=O)(=O)c2ccc(N)c(F)c2)c1Cl. The van der Waals surface area contributed by atoms with Gasteiger partial charge in [0, 0.05) is 7.05 Å². The Morgan fingerprint density at radius 2 is 2.10 bits per heavy atom. The van der Waals surface area contributed by atoms with Crippen LogP contribution in [0, 0.1) is 12.7 Å². The predicted octanol–water partition coefficient (Wildman–Crippen LogP) is 2.08. The van der Waals surface area contributed by atoms with Crippen LogP contribution >= 0.6 is 11.6 Å². The van der Waals surface area contributed by atoms with Crippen molar-refractivity contribution in [2.24, 2.45) is 7.05 Å². The van der Waals surface area contributed by atoms with Gasteiger partial charge in [-0.05, 0) is 25.1 Å². The van der Waals surface area contributed by atoms with Gasteiger partial charge in [0.1, 0.15) is 5.82 Å². The van der Waals surface area contributed by atoms with Crippen molar-refractivity contribution < 1.29 is 12.8 Å².